The van der Waals surface area contributed by atoms with Crippen molar-refractivity contribution in [1.29, 1.82) is 5.26 Å². The van der Waals surface area contributed by atoms with Crippen LogP contribution in [-0.2, 0) is 0 Å². The Hall–Kier alpha value is -3.65. The van der Waals surface area contributed by atoms with Gasteiger partial charge in [-0.3, -0.25) is 0 Å². The molecule has 126 valence electrons. The topological polar surface area (TPSA) is 54.8 Å². The summed E-state index contributed by atoms with van der Waals surface area (Å²) in [6, 6.07) is 19.3. The van der Waals surface area contributed by atoms with E-state index in [0.717, 1.165) is 5.56 Å². The molecule has 0 saturated carbocycles. The lowest BCUT2D eigenvalue weighted by Gasteiger charge is -2.17. The molecule has 0 saturated heterocycles. The molecule has 0 amide bonds. The summed E-state index contributed by atoms with van der Waals surface area (Å²) >= 11 is 0. The average molecular weight is 343 g/mol. The minimum absolute atomic E-state index is 0.278. The maximum Gasteiger partial charge on any atom is 0.134 e. The molecule has 4 aromatic rings. The molecule has 2 heterocycles. The third-order valence-corrected chi connectivity index (χ3v) is 4.20. The number of hydrogen-bond donors (Lipinski definition) is 0. The highest BCUT2D eigenvalue weighted by Gasteiger charge is 2.23. The Kier molecular flexibility index (Phi) is 4.08. The summed E-state index contributed by atoms with van der Waals surface area (Å²) in [5, 5.41) is 8.97. The Labute approximate surface area is 149 Å². The van der Waals surface area contributed by atoms with E-state index in [0.29, 0.717) is 17.1 Å². The van der Waals surface area contributed by atoms with E-state index >= 15 is 0 Å². The van der Waals surface area contributed by atoms with Crippen molar-refractivity contribution in [2.75, 3.05) is 0 Å². The van der Waals surface area contributed by atoms with E-state index in [9.17, 15) is 4.39 Å². The van der Waals surface area contributed by atoms with Gasteiger partial charge in [0, 0.05) is 23.5 Å². The van der Waals surface area contributed by atoms with Crippen LogP contribution < -0.4 is 0 Å². The number of benzene rings is 2. The van der Waals surface area contributed by atoms with Crippen molar-refractivity contribution in [2.24, 2.45) is 0 Å². The highest BCUT2D eigenvalue weighted by molar-refractivity contribution is 5.57. The first kappa shape index (κ1) is 15.9. The maximum absolute atomic E-state index is 14.7. The number of hydrogen-bond acceptors (Lipinski definition) is 3. The fourth-order valence-corrected chi connectivity index (χ4v) is 2.96. The van der Waals surface area contributed by atoms with Crippen LogP contribution in [0.25, 0.3) is 11.3 Å². The molecule has 1 atom stereocenters. The number of nitrogens with zero attached hydrogens (tertiary/aromatic N) is 3. The van der Waals surface area contributed by atoms with Gasteiger partial charge in [0.05, 0.1) is 18.0 Å². The zero-order chi connectivity index (χ0) is 17.9. The summed E-state index contributed by atoms with van der Waals surface area (Å²) in [5.74, 6) is 0.839. The molecule has 0 radical (unpaired) electrons. The van der Waals surface area contributed by atoms with Gasteiger partial charge in [0.15, 0.2) is 0 Å². The monoisotopic (exact) mass is 343 g/mol. The van der Waals surface area contributed by atoms with Gasteiger partial charge in [-0.2, -0.15) is 5.26 Å². The van der Waals surface area contributed by atoms with Crippen LogP contribution in [0.4, 0.5) is 4.39 Å². The van der Waals surface area contributed by atoms with E-state index in [4.69, 9.17) is 9.68 Å². The number of nitriles is 1. The fourth-order valence-electron chi connectivity index (χ4n) is 2.96. The first-order chi connectivity index (χ1) is 12.8. The molecule has 1 unspecified atom stereocenters. The van der Waals surface area contributed by atoms with E-state index in [1.54, 1.807) is 35.4 Å². The van der Waals surface area contributed by atoms with Gasteiger partial charge in [-0.15, -0.1) is 0 Å². The second-order valence-electron chi connectivity index (χ2n) is 5.83. The molecule has 0 N–H and O–H groups in total. The first-order valence-electron chi connectivity index (χ1n) is 8.08. The average Bonchev–Trinajstić information content (AvgIpc) is 3.37. The highest BCUT2D eigenvalue weighted by Crippen LogP contribution is 2.33. The SMILES string of the molecule is N#Cc1ccc(C(c2ccc(-c3ccccc3)o2)n2ccnc2)c(F)c1. The largest absolute Gasteiger partial charge is 0.459 e. The second kappa shape index (κ2) is 6.69. The molecule has 0 aliphatic carbocycles. The van der Waals surface area contributed by atoms with Crippen LogP contribution in [0.5, 0.6) is 0 Å². The van der Waals surface area contributed by atoms with Crippen molar-refractivity contribution in [3.05, 3.63) is 102 Å². The molecule has 4 rings (SSSR count). The number of rotatable bonds is 4. The molecule has 4 nitrogen and oxygen atoms in total. The Bertz CT molecular complexity index is 1060. The molecule has 0 bridgehead atoms. The van der Waals surface area contributed by atoms with Crippen LogP contribution in [0.3, 0.4) is 0 Å². The third-order valence-electron chi connectivity index (χ3n) is 4.20. The fraction of sp³-hybridized carbons (Fsp3) is 0.0476. The predicted molar refractivity (Wildman–Crippen MR) is 94.7 cm³/mol. The van der Waals surface area contributed by atoms with Crippen molar-refractivity contribution < 1.29 is 8.81 Å². The molecule has 0 spiro atoms. The molecule has 2 aromatic carbocycles. The van der Waals surface area contributed by atoms with Crippen molar-refractivity contribution in [2.45, 2.75) is 6.04 Å². The van der Waals surface area contributed by atoms with Crippen molar-refractivity contribution in [3.63, 3.8) is 0 Å². The summed E-state index contributed by atoms with van der Waals surface area (Å²) in [6.45, 7) is 0. The van der Waals surface area contributed by atoms with Gasteiger partial charge in [-0.1, -0.05) is 36.4 Å². The van der Waals surface area contributed by atoms with Gasteiger partial charge in [-0.05, 0) is 24.3 Å². The van der Waals surface area contributed by atoms with Crippen LogP contribution in [0, 0.1) is 17.1 Å². The first-order valence-corrected chi connectivity index (χ1v) is 8.08. The van der Waals surface area contributed by atoms with Gasteiger partial charge < -0.3 is 8.98 Å². The number of halogens is 1. The molecule has 0 aliphatic rings. The lowest BCUT2D eigenvalue weighted by Crippen LogP contribution is -2.11. The van der Waals surface area contributed by atoms with E-state index < -0.39 is 11.9 Å². The Morgan fingerprint density at radius 2 is 1.92 bits per heavy atom. The third kappa shape index (κ3) is 2.89. The standard InChI is InChI=1S/C21H14FN3O/c22-18-12-15(13-23)6-7-17(18)21(25-11-10-24-14-25)20-9-8-19(26-20)16-4-2-1-3-5-16/h1-12,14,21H. The van der Waals surface area contributed by atoms with Crippen molar-refractivity contribution in [3.8, 4) is 17.4 Å². The van der Waals surface area contributed by atoms with Crippen LogP contribution in [-0.4, -0.2) is 9.55 Å². The molecular weight excluding hydrogens is 329 g/mol. The lowest BCUT2D eigenvalue weighted by atomic mass is 10.0. The molecular formula is C21H14FN3O. The Morgan fingerprint density at radius 1 is 1.08 bits per heavy atom. The Morgan fingerprint density at radius 3 is 2.62 bits per heavy atom. The van der Waals surface area contributed by atoms with Gasteiger partial charge in [0.25, 0.3) is 0 Å². The van der Waals surface area contributed by atoms with Crippen LogP contribution in [0.1, 0.15) is 22.9 Å². The zero-order valence-electron chi connectivity index (χ0n) is 13.7. The highest BCUT2D eigenvalue weighted by atomic mass is 19.1. The van der Waals surface area contributed by atoms with Gasteiger partial charge in [-0.25, -0.2) is 9.37 Å². The predicted octanol–water partition coefficient (Wildman–Crippen LogP) is 4.79. The minimum atomic E-state index is -0.511. The van der Waals surface area contributed by atoms with Crippen LogP contribution >= 0.6 is 0 Å². The van der Waals surface area contributed by atoms with Gasteiger partial charge in [0.2, 0.25) is 0 Å². The lowest BCUT2D eigenvalue weighted by molar-refractivity contribution is 0.458. The number of imidazole rings is 1. The zero-order valence-corrected chi connectivity index (χ0v) is 13.7. The van der Waals surface area contributed by atoms with E-state index in [1.165, 1.54) is 6.07 Å². The van der Waals surface area contributed by atoms with Crippen molar-refractivity contribution >= 4 is 0 Å². The molecule has 0 fully saturated rings. The second-order valence-corrected chi connectivity index (χ2v) is 5.83. The Balaban J connectivity index is 1.81. The van der Waals surface area contributed by atoms with E-state index in [1.807, 2.05) is 48.5 Å². The summed E-state index contributed by atoms with van der Waals surface area (Å²) < 4.78 is 22.5. The van der Waals surface area contributed by atoms with Crippen LogP contribution in [0.2, 0.25) is 0 Å². The van der Waals surface area contributed by atoms with Crippen LogP contribution in [0.15, 0.2) is 83.8 Å². The van der Waals surface area contributed by atoms with Gasteiger partial charge in [0.1, 0.15) is 23.4 Å². The minimum Gasteiger partial charge on any atom is -0.459 e. The number of furan rings is 1. The maximum atomic E-state index is 14.7. The van der Waals surface area contributed by atoms with E-state index in [2.05, 4.69) is 4.98 Å². The summed E-state index contributed by atoms with van der Waals surface area (Å²) in [4.78, 5) is 4.07. The molecule has 0 aliphatic heterocycles. The molecule has 26 heavy (non-hydrogen) atoms. The quantitative estimate of drug-likeness (QED) is 0.535. The van der Waals surface area contributed by atoms with Gasteiger partial charge >= 0.3 is 0 Å². The normalized spacial score (nSPS) is 11.8. The van der Waals surface area contributed by atoms with E-state index in [-0.39, 0.29) is 5.56 Å². The summed E-state index contributed by atoms with van der Waals surface area (Å²) in [7, 11) is 0. The summed E-state index contributed by atoms with van der Waals surface area (Å²) in [5.41, 5.74) is 1.64. The number of aromatic nitrogens is 2. The molecule has 5 heteroatoms. The summed E-state index contributed by atoms with van der Waals surface area (Å²) in [6.07, 6.45) is 5.01. The molecule has 2 aromatic heterocycles. The van der Waals surface area contributed by atoms with Crippen molar-refractivity contribution in [1.82, 2.24) is 9.55 Å². The smallest absolute Gasteiger partial charge is 0.134 e.